The van der Waals surface area contributed by atoms with Gasteiger partial charge in [0.25, 0.3) is 0 Å². The molecule has 0 radical (unpaired) electrons. The number of unbranched alkanes of at least 4 members (excludes halogenated alkanes) is 2. The number of thioether (sulfide) groups is 1. The number of carbonyl (C=O) groups is 2. The molecule has 0 unspecified atom stereocenters. The molecule has 1 amide bonds. The summed E-state index contributed by atoms with van der Waals surface area (Å²) in [5.74, 6) is 1.85. The average molecular weight is 476 g/mol. The Hall–Kier alpha value is -1.79. The Morgan fingerprint density at radius 2 is 2.03 bits per heavy atom. The van der Waals surface area contributed by atoms with Crippen molar-refractivity contribution in [3.05, 3.63) is 48.0 Å². The van der Waals surface area contributed by atoms with Crippen molar-refractivity contribution in [2.45, 2.75) is 83.3 Å². The van der Waals surface area contributed by atoms with Gasteiger partial charge >= 0.3 is 5.97 Å². The van der Waals surface area contributed by atoms with Crippen LogP contribution in [0.2, 0.25) is 0 Å². The highest BCUT2D eigenvalue weighted by Crippen LogP contribution is 2.21. The molecule has 1 N–H and O–H groups in total. The number of hydrogen-bond donors (Lipinski definition) is 1. The zero-order valence-electron chi connectivity index (χ0n) is 20.1. The van der Waals surface area contributed by atoms with Crippen LogP contribution >= 0.6 is 11.8 Å². The van der Waals surface area contributed by atoms with Crippen LogP contribution in [0.1, 0.15) is 70.3 Å². The third-order valence-corrected chi connectivity index (χ3v) is 6.94. The van der Waals surface area contributed by atoms with Crippen molar-refractivity contribution in [3.63, 3.8) is 0 Å². The highest BCUT2D eigenvalue weighted by atomic mass is 32.2. The fourth-order valence-corrected chi connectivity index (χ4v) is 4.79. The van der Waals surface area contributed by atoms with E-state index in [-0.39, 0.29) is 17.9 Å². The molecule has 1 aliphatic heterocycles. The molecule has 1 aromatic rings. The number of amides is 1. The Bertz CT molecular complexity index is 709. The number of carbonyl (C=O) groups excluding carboxylic acids is 2. The van der Waals surface area contributed by atoms with Crippen molar-refractivity contribution in [2.75, 3.05) is 24.7 Å². The summed E-state index contributed by atoms with van der Waals surface area (Å²) in [6.45, 7) is 3.32. The Morgan fingerprint density at radius 3 is 2.82 bits per heavy atom. The molecule has 0 spiro atoms. The van der Waals surface area contributed by atoms with Crippen LogP contribution in [0.4, 0.5) is 0 Å². The summed E-state index contributed by atoms with van der Waals surface area (Å²) in [6, 6.07) is 10.5. The number of hydrogen-bond acceptors (Lipinski definition) is 5. The lowest BCUT2D eigenvalue weighted by atomic mass is 10.0. The van der Waals surface area contributed by atoms with Gasteiger partial charge in [0.05, 0.1) is 18.8 Å². The fraction of sp³-hybridized carbons (Fsp3) is 0.630. The van der Waals surface area contributed by atoms with Gasteiger partial charge in [0.1, 0.15) is 0 Å². The SMILES string of the molecule is CCCCOC(=O)CCCSCCN1C(=O)CC[C@@H]1/C=C/[C@H](O)CCCCc1ccccc1. The Morgan fingerprint density at radius 1 is 1.21 bits per heavy atom. The molecule has 6 heteroatoms. The number of aliphatic hydroxyl groups excluding tert-OH is 1. The lowest BCUT2D eigenvalue weighted by Gasteiger charge is -2.22. The van der Waals surface area contributed by atoms with Crippen molar-refractivity contribution in [1.82, 2.24) is 4.90 Å². The molecule has 1 fully saturated rings. The van der Waals surface area contributed by atoms with Crippen LogP contribution in [0, 0.1) is 0 Å². The van der Waals surface area contributed by atoms with Gasteiger partial charge in [0.15, 0.2) is 0 Å². The molecular formula is C27H41NO4S. The van der Waals surface area contributed by atoms with E-state index >= 15 is 0 Å². The summed E-state index contributed by atoms with van der Waals surface area (Å²) < 4.78 is 5.17. The Balaban J connectivity index is 1.58. The maximum absolute atomic E-state index is 12.3. The molecule has 184 valence electrons. The van der Waals surface area contributed by atoms with Gasteiger partial charge < -0.3 is 14.7 Å². The second-order valence-electron chi connectivity index (χ2n) is 8.67. The zero-order valence-corrected chi connectivity index (χ0v) is 20.9. The molecule has 5 nitrogen and oxygen atoms in total. The minimum absolute atomic E-state index is 0.0885. The number of rotatable bonds is 17. The maximum Gasteiger partial charge on any atom is 0.305 e. The molecule has 1 aromatic carbocycles. The predicted octanol–water partition coefficient (Wildman–Crippen LogP) is 5.16. The van der Waals surface area contributed by atoms with Gasteiger partial charge in [0.2, 0.25) is 5.91 Å². The van der Waals surface area contributed by atoms with E-state index in [2.05, 4.69) is 31.2 Å². The van der Waals surface area contributed by atoms with E-state index in [9.17, 15) is 14.7 Å². The molecule has 0 aromatic heterocycles. The van der Waals surface area contributed by atoms with Gasteiger partial charge in [-0.05, 0) is 49.8 Å². The highest BCUT2D eigenvalue weighted by Gasteiger charge is 2.28. The van der Waals surface area contributed by atoms with Crippen LogP contribution in [0.25, 0.3) is 0 Å². The summed E-state index contributed by atoms with van der Waals surface area (Å²) in [5, 5.41) is 10.3. The Labute approximate surface area is 204 Å². The molecular weight excluding hydrogens is 434 g/mol. The van der Waals surface area contributed by atoms with E-state index in [1.165, 1.54) is 5.56 Å². The fourth-order valence-electron chi connectivity index (χ4n) is 3.91. The van der Waals surface area contributed by atoms with Crippen LogP contribution in [0.3, 0.4) is 0 Å². The summed E-state index contributed by atoms with van der Waals surface area (Å²) in [4.78, 5) is 25.8. The van der Waals surface area contributed by atoms with E-state index in [0.717, 1.165) is 62.9 Å². The van der Waals surface area contributed by atoms with Crippen LogP contribution in [-0.4, -0.2) is 58.7 Å². The minimum atomic E-state index is -0.454. The molecule has 0 aliphatic carbocycles. The van der Waals surface area contributed by atoms with E-state index in [1.54, 1.807) is 11.8 Å². The van der Waals surface area contributed by atoms with Crippen molar-refractivity contribution >= 4 is 23.6 Å². The second kappa shape index (κ2) is 16.8. The highest BCUT2D eigenvalue weighted by molar-refractivity contribution is 7.99. The van der Waals surface area contributed by atoms with Gasteiger partial charge in [0, 0.05) is 25.1 Å². The normalized spacial score (nSPS) is 17.1. The number of nitrogens with zero attached hydrogens (tertiary/aromatic N) is 1. The first-order valence-corrected chi connectivity index (χ1v) is 13.7. The maximum atomic E-state index is 12.3. The lowest BCUT2D eigenvalue weighted by molar-refractivity contribution is -0.143. The molecule has 2 atom stereocenters. The first kappa shape index (κ1) is 27.5. The first-order valence-electron chi connectivity index (χ1n) is 12.5. The summed E-state index contributed by atoms with van der Waals surface area (Å²) in [7, 11) is 0. The second-order valence-corrected chi connectivity index (χ2v) is 9.89. The van der Waals surface area contributed by atoms with Gasteiger partial charge in [-0.2, -0.15) is 11.8 Å². The molecule has 2 rings (SSSR count). The number of ether oxygens (including phenoxy) is 1. The molecule has 0 bridgehead atoms. The van der Waals surface area contributed by atoms with Crippen molar-refractivity contribution in [2.24, 2.45) is 0 Å². The quantitative estimate of drug-likeness (QED) is 0.191. The van der Waals surface area contributed by atoms with E-state index < -0.39 is 6.10 Å². The molecule has 1 saturated heterocycles. The summed E-state index contributed by atoms with van der Waals surface area (Å²) >= 11 is 1.78. The predicted molar refractivity (Wildman–Crippen MR) is 136 cm³/mol. The van der Waals surface area contributed by atoms with Crippen LogP contribution in [-0.2, 0) is 20.7 Å². The van der Waals surface area contributed by atoms with Gasteiger partial charge in [-0.3, -0.25) is 9.59 Å². The standard InChI is InChI=1S/C27H41NO4S/c1-2-3-20-32-27(31)14-9-21-33-22-19-28-24(16-18-26(28)30)15-17-25(29)13-8-7-12-23-10-5-4-6-11-23/h4-6,10-11,15,17,24-25,29H,2-3,7-9,12-14,16,18-22H2,1H3/b17-15+/t24-,25+/m0/s1. The van der Waals surface area contributed by atoms with Gasteiger partial charge in [-0.25, -0.2) is 0 Å². The van der Waals surface area contributed by atoms with E-state index in [4.69, 9.17) is 4.74 Å². The van der Waals surface area contributed by atoms with Gasteiger partial charge in [-0.1, -0.05) is 62.2 Å². The first-order chi connectivity index (χ1) is 16.1. The van der Waals surface area contributed by atoms with Crippen LogP contribution in [0.15, 0.2) is 42.5 Å². The third-order valence-electron chi connectivity index (χ3n) is 5.90. The Kier molecular flexibility index (Phi) is 13.9. The summed E-state index contributed by atoms with van der Waals surface area (Å²) in [6.07, 6.45) is 11.9. The number of aliphatic hydroxyl groups is 1. The van der Waals surface area contributed by atoms with Crippen LogP contribution < -0.4 is 0 Å². The van der Waals surface area contributed by atoms with Crippen molar-refractivity contribution in [1.29, 1.82) is 0 Å². The monoisotopic (exact) mass is 475 g/mol. The van der Waals surface area contributed by atoms with Crippen LogP contribution in [0.5, 0.6) is 0 Å². The molecule has 33 heavy (non-hydrogen) atoms. The van der Waals surface area contributed by atoms with E-state index in [0.29, 0.717) is 26.0 Å². The molecule has 0 saturated carbocycles. The van der Waals surface area contributed by atoms with Crippen molar-refractivity contribution < 1.29 is 19.4 Å². The number of benzene rings is 1. The number of likely N-dealkylation sites (tertiary alicyclic amines) is 1. The molecule has 1 aliphatic rings. The largest absolute Gasteiger partial charge is 0.466 e. The van der Waals surface area contributed by atoms with E-state index in [1.807, 2.05) is 23.1 Å². The summed E-state index contributed by atoms with van der Waals surface area (Å²) in [5.41, 5.74) is 1.34. The average Bonchev–Trinajstić information content (AvgIpc) is 3.17. The smallest absolute Gasteiger partial charge is 0.305 e. The lowest BCUT2D eigenvalue weighted by Crippen LogP contribution is -2.34. The van der Waals surface area contributed by atoms with Crippen molar-refractivity contribution in [3.8, 4) is 0 Å². The topological polar surface area (TPSA) is 66.8 Å². The zero-order chi connectivity index (χ0) is 23.7. The number of aryl methyl sites for hydroxylation is 1. The minimum Gasteiger partial charge on any atom is -0.466 e. The third kappa shape index (κ3) is 11.8. The molecule has 1 heterocycles. The van der Waals surface area contributed by atoms with Gasteiger partial charge in [-0.15, -0.1) is 0 Å². The number of esters is 1.